The molecule has 0 fully saturated rings. The van der Waals surface area contributed by atoms with Crippen LogP contribution in [0.25, 0.3) is 27.7 Å². The maximum atomic E-state index is 12.5. The molecule has 4 aromatic rings. The lowest BCUT2D eigenvalue weighted by molar-refractivity contribution is -0.116. The van der Waals surface area contributed by atoms with E-state index in [0.717, 1.165) is 39.0 Å². The number of carbonyl (C=O) groups is 1. The van der Waals surface area contributed by atoms with Crippen molar-refractivity contribution in [1.82, 2.24) is 10.3 Å². The van der Waals surface area contributed by atoms with Crippen molar-refractivity contribution in [3.05, 3.63) is 84.4 Å². The largest absolute Gasteiger partial charge is 0.497 e. The van der Waals surface area contributed by atoms with E-state index >= 15 is 0 Å². The van der Waals surface area contributed by atoms with E-state index in [1.807, 2.05) is 55.5 Å². The fourth-order valence-electron chi connectivity index (χ4n) is 3.54. The summed E-state index contributed by atoms with van der Waals surface area (Å²) in [7, 11) is 3.25. The normalized spacial score (nSPS) is 11.4. The van der Waals surface area contributed by atoms with Crippen molar-refractivity contribution >= 4 is 22.4 Å². The number of hydrogen-bond acceptors (Lipinski definition) is 5. The molecule has 0 aliphatic rings. The molecule has 0 aliphatic carbocycles. The van der Waals surface area contributed by atoms with Crippen LogP contribution in [0, 0.1) is 0 Å². The highest BCUT2D eigenvalue weighted by Gasteiger charge is 2.15. The van der Waals surface area contributed by atoms with Gasteiger partial charge in [-0.2, -0.15) is 0 Å². The summed E-state index contributed by atoms with van der Waals surface area (Å²) < 4.78 is 16.6. The topological polar surface area (TPSA) is 73.6 Å². The first-order valence-corrected chi connectivity index (χ1v) is 10.2. The summed E-state index contributed by atoms with van der Waals surface area (Å²) in [6, 6.07) is 15.4. The molecule has 6 heteroatoms. The molecule has 32 heavy (non-hydrogen) atoms. The van der Waals surface area contributed by atoms with E-state index in [0.29, 0.717) is 17.9 Å². The summed E-state index contributed by atoms with van der Waals surface area (Å²) in [4.78, 5) is 16.5. The minimum absolute atomic E-state index is 0.177. The predicted octanol–water partition coefficient (Wildman–Crippen LogP) is 5.23. The van der Waals surface area contributed by atoms with Crippen LogP contribution in [-0.2, 0) is 11.3 Å². The molecule has 0 bridgehead atoms. The van der Waals surface area contributed by atoms with Crippen LogP contribution in [-0.4, -0.2) is 25.1 Å². The van der Waals surface area contributed by atoms with Crippen LogP contribution in [0.2, 0.25) is 0 Å². The average Bonchev–Trinajstić information content (AvgIpc) is 3.25. The third-order valence-electron chi connectivity index (χ3n) is 5.29. The Kier molecular flexibility index (Phi) is 6.22. The fourth-order valence-corrected chi connectivity index (χ4v) is 3.54. The summed E-state index contributed by atoms with van der Waals surface area (Å²) in [5.74, 6) is 1.26. The van der Waals surface area contributed by atoms with Gasteiger partial charge in [0.2, 0.25) is 5.91 Å². The summed E-state index contributed by atoms with van der Waals surface area (Å²) in [6.45, 7) is 2.33. The quantitative estimate of drug-likeness (QED) is 0.408. The number of pyridine rings is 1. The maximum Gasteiger partial charge on any atom is 0.244 e. The van der Waals surface area contributed by atoms with Gasteiger partial charge in [0.1, 0.15) is 17.1 Å². The number of methoxy groups -OCH3 is 2. The fraction of sp³-hybridized carbons (Fsp3) is 0.154. The van der Waals surface area contributed by atoms with Gasteiger partial charge < -0.3 is 19.2 Å². The summed E-state index contributed by atoms with van der Waals surface area (Å²) in [5, 5.41) is 3.84. The predicted molar refractivity (Wildman–Crippen MR) is 124 cm³/mol. The third-order valence-corrected chi connectivity index (χ3v) is 5.29. The van der Waals surface area contributed by atoms with Crippen LogP contribution in [0.15, 0.2) is 77.7 Å². The van der Waals surface area contributed by atoms with Gasteiger partial charge in [0.05, 0.1) is 20.5 Å². The Balaban J connectivity index is 1.64. The molecule has 0 unspecified atom stereocenters. The molecule has 1 N–H and O–H groups in total. The minimum atomic E-state index is -0.177. The van der Waals surface area contributed by atoms with E-state index in [1.165, 1.54) is 0 Å². The zero-order valence-electron chi connectivity index (χ0n) is 18.2. The number of aromatic nitrogens is 1. The smallest absolute Gasteiger partial charge is 0.244 e. The molecule has 0 spiro atoms. The van der Waals surface area contributed by atoms with Crippen molar-refractivity contribution in [2.24, 2.45) is 0 Å². The van der Waals surface area contributed by atoms with Crippen molar-refractivity contribution in [2.75, 3.05) is 14.2 Å². The Morgan fingerprint density at radius 3 is 2.50 bits per heavy atom. The summed E-state index contributed by atoms with van der Waals surface area (Å²) in [5.41, 5.74) is 5.29. The highest BCUT2D eigenvalue weighted by molar-refractivity contribution is 6.00. The molecule has 0 atom stereocenters. The zero-order chi connectivity index (χ0) is 22.5. The number of nitrogens with one attached hydrogen (secondary N) is 1. The number of carbonyl (C=O) groups excluding carboxylic acids is 1. The van der Waals surface area contributed by atoms with E-state index < -0.39 is 0 Å². The Morgan fingerprint density at radius 2 is 1.81 bits per heavy atom. The molecular weight excluding hydrogens is 404 g/mol. The van der Waals surface area contributed by atoms with Gasteiger partial charge in [-0.05, 0) is 54.0 Å². The highest BCUT2D eigenvalue weighted by Crippen LogP contribution is 2.37. The van der Waals surface area contributed by atoms with Gasteiger partial charge in [-0.25, -0.2) is 0 Å². The number of hydrogen-bond donors (Lipinski definition) is 1. The van der Waals surface area contributed by atoms with Gasteiger partial charge >= 0.3 is 0 Å². The molecule has 6 nitrogen and oxygen atoms in total. The van der Waals surface area contributed by atoms with E-state index in [4.69, 9.17) is 13.9 Å². The van der Waals surface area contributed by atoms with Crippen molar-refractivity contribution < 1.29 is 18.7 Å². The molecule has 2 aromatic heterocycles. The van der Waals surface area contributed by atoms with Crippen LogP contribution >= 0.6 is 0 Å². The number of ether oxygens (including phenoxy) is 2. The second kappa shape index (κ2) is 9.39. The monoisotopic (exact) mass is 428 g/mol. The van der Waals surface area contributed by atoms with E-state index in [-0.39, 0.29) is 5.91 Å². The number of fused-ring (bicyclic) bond motifs is 1. The van der Waals surface area contributed by atoms with Gasteiger partial charge in [0.25, 0.3) is 0 Å². The standard InChI is InChI=1S/C26H24N2O4/c1-17(12-26(29)28-15-18-8-10-27-11-9-18)21-13-22-23(16-32-25(22)14-24(21)31-3)19-4-6-20(30-2)7-5-19/h4-14,16H,15H2,1-3H3,(H,28,29)/b17-12+. The first-order chi connectivity index (χ1) is 15.6. The number of amides is 1. The lowest BCUT2D eigenvalue weighted by atomic mass is 9.99. The van der Waals surface area contributed by atoms with Crippen LogP contribution in [0.3, 0.4) is 0 Å². The molecule has 2 heterocycles. The molecule has 0 aliphatic heterocycles. The zero-order valence-corrected chi connectivity index (χ0v) is 18.2. The average molecular weight is 428 g/mol. The Bertz CT molecular complexity index is 1260. The van der Waals surface area contributed by atoms with E-state index in [1.54, 1.807) is 39.0 Å². The number of rotatable bonds is 7. The molecule has 0 saturated carbocycles. The van der Waals surface area contributed by atoms with Crippen LogP contribution in [0.1, 0.15) is 18.1 Å². The second-order valence-electron chi connectivity index (χ2n) is 7.33. The SMILES string of the molecule is COc1ccc(-c2coc3cc(OC)c(/C(C)=C/C(=O)NCc4ccncc4)cc23)cc1. The lowest BCUT2D eigenvalue weighted by Gasteiger charge is -2.10. The molecule has 1 amide bonds. The summed E-state index contributed by atoms with van der Waals surface area (Å²) >= 11 is 0. The first kappa shape index (κ1) is 21.2. The first-order valence-electron chi connectivity index (χ1n) is 10.2. The molecule has 0 radical (unpaired) electrons. The second-order valence-corrected chi connectivity index (χ2v) is 7.33. The number of allylic oxidation sites excluding steroid dienone is 1. The van der Waals surface area contributed by atoms with Crippen molar-refractivity contribution in [1.29, 1.82) is 0 Å². The number of nitrogens with zero attached hydrogens (tertiary/aromatic N) is 1. The van der Waals surface area contributed by atoms with Crippen LogP contribution < -0.4 is 14.8 Å². The van der Waals surface area contributed by atoms with E-state index in [9.17, 15) is 4.79 Å². The Labute approximate surface area is 186 Å². The molecule has 0 saturated heterocycles. The highest BCUT2D eigenvalue weighted by atomic mass is 16.5. The van der Waals surface area contributed by atoms with Crippen LogP contribution in [0.4, 0.5) is 0 Å². The summed E-state index contributed by atoms with van der Waals surface area (Å²) in [6.07, 6.45) is 6.72. The van der Waals surface area contributed by atoms with Crippen molar-refractivity contribution in [2.45, 2.75) is 13.5 Å². The Morgan fingerprint density at radius 1 is 1.06 bits per heavy atom. The lowest BCUT2D eigenvalue weighted by Crippen LogP contribution is -2.20. The number of furan rings is 1. The Hall–Kier alpha value is -4.06. The molecule has 162 valence electrons. The van der Waals surface area contributed by atoms with E-state index in [2.05, 4.69) is 10.3 Å². The van der Waals surface area contributed by atoms with Gasteiger partial charge in [-0.15, -0.1) is 0 Å². The maximum absolute atomic E-state index is 12.5. The van der Waals surface area contributed by atoms with Gasteiger partial charge in [-0.3, -0.25) is 9.78 Å². The van der Waals surface area contributed by atoms with Gasteiger partial charge in [0.15, 0.2) is 0 Å². The van der Waals surface area contributed by atoms with Gasteiger partial charge in [0, 0.05) is 47.6 Å². The third kappa shape index (κ3) is 4.49. The number of benzene rings is 2. The van der Waals surface area contributed by atoms with Crippen molar-refractivity contribution in [3.63, 3.8) is 0 Å². The van der Waals surface area contributed by atoms with Crippen LogP contribution in [0.5, 0.6) is 11.5 Å². The van der Waals surface area contributed by atoms with Crippen molar-refractivity contribution in [3.8, 4) is 22.6 Å². The molecule has 2 aromatic carbocycles. The molecular formula is C26H24N2O4. The minimum Gasteiger partial charge on any atom is -0.497 e. The molecule has 4 rings (SSSR count). The van der Waals surface area contributed by atoms with Gasteiger partial charge in [-0.1, -0.05) is 12.1 Å².